The van der Waals surface area contributed by atoms with Gasteiger partial charge in [-0.3, -0.25) is 4.79 Å². The number of carbonyl (C=O) groups excluding carboxylic acids is 1. The Labute approximate surface area is 209 Å². The fourth-order valence-corrected chi connectivity index (χ4v) is 4.30. The quantitative estimate of drug-likeness (QED) is 0.341. The number of carbonyl (C=O) groups is 1. The molecule has 0 bridgehead atoms. The van der Waals surface area contributed by atoms with E-state index in [-0.39, 0.29) is 11.8 Å². The first-order valence-corrected chi connectivity index (χ1v) is 12.0. The van der Waals surface area contributed by atoms with Crippen LogP contribution in [0.15, 0.2) is 91.0 Å². The summed E-state index contributed by atoms with van der Waals surface area (Å²) in [4.78, 5) is 15.3. The molecule has 6 nitrogen and oxygen atoms in total. The number of aromatic nitrogens is 2. The summed E-state index contributed by atoms with van der Waals surface area (Å²) in [5.74, 6) is 1.92. The third kappa shape index (κ3) is 5.61. The molecule has 1 N–H and O–H groups in total. The molecule has 35 heavy (non-hydrogen) atoms. The minimum Gasteiger partial charge on any atom is -0.455 e. The summed E-state index contributed by atoms with van der Waals surface area (Å²) in [6.07, 6.45) is 1.72. The van der Waals surface area contributed by atoms with E-state index in [1.165, 1.54) is 0 Å². The van der Waals surface area contributed by atoms with Gasteiger partial charge in [-0.25, -0.2) is 0 Å². The van der Waals surface area contributed by atoms with Crippen LogP contribution in [0.3, 0.4) is 0 Å². The number of hydrogen-bond acceptors (Lipinski definition) is 5. The molecule has 0 spiro atoms. The zero-order valence-corrected chi connectivity index (χ0v) is 19.9. The maximum atomic E-state index is 13.2. The maximum absolute atomic E-state index is 13.2. The molecule has 1 atom stereocenters. The number of ether oxygens (including phenoxy) is 1. The number of piperidine rings is 1. The van der Waals surface area contributed by atoms with E-state index in [0.29, 0.717) is 23.0 Å². The van der Waals surface area contributed by atoms with Crippen molar-refractivity contribution in [3.05, 3.63) is 96.0 Å². The SMILES string of the molecule is O=C(Nc1ccccc1Oc1ccccc1)C1CCCN(c2ccc(-c3ccc(Cl)cc3)nn2)C1. The second kappa shape index (κ2) is 10.6. The van der Waals surface area contributed by atoms with Crippen molar-refractivity contribution in [2.45, 2.75) is 12.8 Å². The molecular weight excluding hydrogens is 460 g/mol. The number of anilines is 2. The van der Waals surface area contributed by atoms with Crippen molar-refractivity contribution in [1.29, 1.82) is 0 Å². The average molecular weight is 485 g/mol. The van der Waals surface area contributed by atoms with Crippen LogP contribution in [0.2, 0.25) is 5.02 Å². The van der Waals surface area contributed by atoms with Crippen LogP contribution in [0.4, 0.5) is 11.5 Å². The van der Waals surface area contributed by atoms with Crippen LogP contribution in [-0.2, 0) is 4.79 Å². The van der Waals surface area contributed by atoms with Gasteiger partial charge in [0.25, 0.3) is 0 Å². The van der Waals surface area contributed by atoms with Crippen LogP contribution in [0.25, 0.3) is 11.3 Å². The fourth-order valence-electron chi connectivity index (χ4n) is 4.18. The van der Waals surface area contributed by atoms with Crippen LogP contribution < -0.4 is 15.0 Å². The Morgan fingerprint density at radius 3 is 2.46 bits per heavy atom. The lowest BCUT2D eigenvalue weighted by Crippen LogP contribution is -2.41. The van der Waals surface area contributed by atoms with Gasteiger partial charge in [-0.05, 0) is 61.4 Å². The molecule has 3 aromatic carbocycles. The van der Waals surface area contributed by atoms with Gasteiger partial charge >= 0.3 is 0 Å². The zero-order chi connectivity index (χ0) is 24.0. The van der Waals surface area contributed by atoms with Crippen molar-refractivity contribution in [3.63, 3.8) is 0 Å². The molecule has 4 aromatic rings. The molecule has 0 saturated carbocycles. The van der Waals surface area contributed by atoms with Gasteiger partial charge in [0.1, 0.15) is 5.75 Å². The minimum absolute atomic E-state index is 0.0236. The smallest absolute Gasteiger partial charge is 0.229 e. The van der Waals surface area contributed by atoms with Gasteiger partial charge in [0, 0.05) is 23.7 Å². The van der Waals surface area contributed by atoms with Crippen LogP contribution in [0, 0.1) is 5.92 Å². The molecule has 1 amide bonds. The van der Waals surface area contributed by atoms with E-state index in [0.717, 1.165) is 42.2 Å². The molecule has 0 radical (unpaired) electrons. The number of amides is 1. The number of para-hydroxylation sites is 3. The van der Waals surface area contributed by atoms with E-state index in [4.69, 9.17) is 16.3 Å². The monoisotopic (exact) mass is 484 g/mol. The molecule has 0 aliphatic carbocycles. The lowest BCUT2D eigenvalue weighted by atomic mass is 9.97. The van der Waals surface area contributed by atoms with E-state index < -0.39 is 0 Å². The van der Waals surface area contributed by atoms with Gasteiger partial charge in [0.15, 0.2) is 11.6 Å². The Hall–Kier alpha value is -3.90. The molecule has 7 heteroatoms. The van der Waals surface area contributed by atoms with Crippen LogP contribution in [0.5, 0.6) is 11.5 Å². The van der Waals surface area contributed by atoms with Crippen LogP contribution in [-0.4, -0.2) is 29.2 Å². The summed E-state index contributed by atoms with van der Waals surface area (Å²) in [7, 11) is 0. The molecule has 1 aromatic heterocycles. The van der Waals surface area contributed by atoms with Gasteiger partial charge in [-0.2, -0.15) is 0 Å². The predicted molar refractivity (Wildman–Crippen MR) is 139 cm³/mol. The summed E-state index contributed by atoms with van der Waals surface area (Å²) in [6.45, 7) is 1.43. The lowest BCUT2D eigenvalue weighted by Gasteiger charge is -2.32. The van der Waals surface area contributed by atoms with E-state index in [1.54, 1.807) is 0 Å². The van der Waals surface area contributed by atoms with Gasteiger partial charge in [0.05, 0.1) is 17.3 Å². The molecular formula is C28H25ClN4O2. The van der Waals surface area contributed by atoms with Crippen molar-refractivity contribution < 1.29 is 9.53 Å². The number of benzene rings is 3. The summed E-state index contributed by atoms with van der Waals surface area (Å²) in [5.41, 5.74) is 2.40. The van der Waals surface area contributed by atoms with Crippen molar-refractivity contribution in [3.8, 4) is 22.8 Å². The number of rotatable bonds is 6. The van der Waals surface area contributed by atoms with Gasteiger partial charge in [0.2, 0.25) is 5.91 Å². The van der Waals surface area contributed by atoms with E-state index in [1.807, 2.05) is 91.0 Å². The molecule has 1 unspecified atom stereocenters. The summed E-state index contributed by atoms with van der Waals surface area (Å²) >= 11 is 5.98. The van der Waals surface area contributed by atoms with Crippen molar-refractivity contribution in [2.75, 3.05) is 23.3 Å². The predicted octanol–water partition coefficient (Wildman–Crippen LogP) is 6.44. The maximum Gasteiger partial charge on any atom is 0.229 e. The first kappa shape index (κ1) is 22.9. The third-order valence-corrected chi connectivity index (χ3v) is 6.27. The minimum atomic E-state index is -0.161. The summed E-state index contributed by atoms with van der Waals surface area (Å²) in [5, 5.41) is 12.6. The number of halogens is 1. The molecule has 5 rings (SSSR count). The number of hydrogen-bond donors (Lipinski definition) is 1. The van der Waals surface area contributed by atoms with Crippen molar-refractivity contribution in [2.24, 2.45) is 5.92 Å². The highest BCUT2D eigenvalue weighted by Crippen LogP contribution is 2.31. The second-order valence-electron chi connectivity index (χ2n) is 8.47. The Kier molecular flexibility index (Phi) is 6.91. The Bertz CT molecular complexity index is 1280. The summed E-state index contributed by atoms with van der Waals surface area (Å²) in [6, 6.07) is 28.5. The molecule has 2 heterocycles. The lowest BCUT2D eigenvalue weighted by molar-refractivity contribution is -0.120. The highest BCUT2D eigenvalue weighted by Gasteiger charge is 2.27. The summed E-state index contributed by atoms with van der Waals surface area (Å²) < 4.78 is 5.99. The molecule has 1 saturated heterocycles. The third-order valence-electron chi connectivity index (χ3n) is 6.02. The normalized spacial score (nSPS) is 15.5. The molecule has 1 aliphatic rings. The standard InChI is InChI=1S/C28H25ClN4O2/c29-22-14-12-20(13-15-22)24-16-17-27(32-31-24)33-18-6-7-21(19-33)28(34)30-25-10-4-5-11-26(25)35-23-8-2-1-3-9-23/h1-5,8-17,21H,6-7,18-19H2,(H,30,34). The molecule has 1 fully saturated rings. The van der Waals surface area contributed by atoms with E-state index >= 15 is 0 Å². The van der Waals surface area contributed by atoms with Gasteiger partial charge in [-0.15, -0.1) is 10.2 Å². The highest BCUT2D eigenvalue weighted by atomic mass is 35.5. The van der Waals surface area contributed by atoms with Gasteiger partial charge < -0.3 is 15.0 Å². The first-order valence-electron chi connectivity index (χ1n) is 11.6. The number of nitrogens with one attached hydrogen (secondary N) is 1. The highest BCUT2D eigenvalue weighted by molar-refractivity contribution is 6.30. The second-order valence-corrected chi connectivity index (χ2v) is 8.91. The topological polar surface area (TPSA) is 67.3 Å². The van der Waals surface area contributed by atoms with Crippen molar-refractivity contribution in [1.82, 2.24) is 10.2 Å². The van der Waals surface area contributed by atoms with E-state index in [2.05, 4.69) is 20.4 Å². The van der Waals surface area contributed by atoms with Crippen LogP contribution >= 0.6 is 11.6 Å². The van der Waals surface area contributed by atoms with Gasteiger partial charge in [-0.1, -0.05) is 54.1 Å². The molecule has 1 aliphatic heterocycles. The average Bonchev–Trinajstić information content (AvgIpc) is 2.91. The first-order chi connectivity index (χ1) is 17.2. The van der Waals surface area contributed by atoms with E-state index in [9.17, 15) is 4.79 Å². The van der Waals surface area contributed by atoms with Crippen LogP contribution in [0.1, 0.15) is 12.8 Å². The Morgan fingerprint density at radius 1 is 0.914 bits per heavy atom. The largest absolute Gasteiger partial charge is 0.455 e. The van der Waals surface area contributed by atoms with Crippen molar-refractivity contribution >= 4 is 29.0 Å². The zero-order valence-electron chi connectivity index (χ0n) is 19.1. The fraction of sp³-hybridized carbons (Fsp3) is 0.179. The molecule has 176 valence electrons. The Morgan fingerprint density at radius 2 is 1.69 bits per heavy atom. The number of nitrogens with zero attached hydrogens (tertiary/aromatic N) is 3. The Balaban J connectivity index is 1.25.